The van der Waals surface area contributed by atoms with Crippen LogP contribution in [0.1, 0.15) is 129 Å². The quantitative estimate of drug-likeness (QED) is 0.240. The third kappa shape index (κ3) is 20.0. The molecule has 0 rings (SSSR count). The number of hydrogen-bond acceptors (Lipinski definition) is 2. The van der Waals surface area contributed by atoms with Crippen molar-refractivity contribution in [3.05, 3.63) is 0 Å². The van der Waals surface area contributed by atoms with Crippen molar-refractivity contribution in [1.29, 1.82) is 0 Å². The minimum absolute atomic E-state index is 0.0564. The molecule has 1 atom stereocenters. The summed E-state index contributed by atoms with van der Waals surface area (Å²) in [6.45, 7) is 2.61. The van der Waals surface area contributed by atoms with Gasteiger partial charge in [0, 0.05) is 6.61 Å². The van der Waals surface area contributed by atoms with E-state index in [9.17, 15) is 5.11 Å². The third-order valence-electron chi connectivity index (χ3n) is 5.09. The second kappa shape index (κ2) is 21.0. The van der Waals surface area contributed by atoms with Gasteiger partial charge >= 0.3 is 0 Å². The van der Waals surface area contributed by atoms with Crippen LogP contribution in [0.15, 0.2) is 0 Å². The minimum atomic E-state index is -0.0564. The van der Waals surface area contributed by atoms with Crippen LogP contribution in [0.5, 0.6) is 0 Å². The maximum atomic E-state index is 10.0. The van der Waals surface area contributed by atoms with E-state index in [0.29, 0.717) is 6.61 Å². The Hall–Kier alpha value is -0.0800. The van der Waals surface area contributed by atoms with Crippen molar-refractivity contribution in [1.82, 2.24) is 0 Å². The summed E-state index contributed by atoms with van der Waals surface area (Å²) in [6, 6.07) is 0. The number of hydrogen-bond donors (Lipinski definition) is 2. The van der Waals surface area contributed by atoms with Crippen LogP contribution >= 0.6 is 0 Å². The highest BCUT2D eigenvalue weighted by atomic mass is 16.3. The molecule has 0 aromatic heterocycles. The molecular weight excluding hydrogens is 296 g/mol. The molecule has 0 aromatic rings. The highest BCUT2D eigenvalue weighted by Gasteiger charge is 2.03. The summed E-state index contributed by atoms with van der Waals surface area (Å²) < 4.78 is 0. The molecule has 0 aliphatic rings. The fourth-order valence-corrected chi connectivity index (χ4v) is 3.39. The van der Waals surface area contributed by atoms with Crippen molar-refractivity contribution >= 4 is 0 Å². The molecule has 0 bridgehead atoms. The van der Waals surface area contributed by atoms with Crippen molar-refractivity contribution in [2.24, 2.45) is 0 Å². The first-order valence-corrected chi connectivity index (χ1v) is 11.1. The Morgan fingerprint density at radius 2 is 0.833 bits per heavy atom. The lowest BCUT2D eigenvalue weighted by molar-refractivity contribution is 0.147. The van der Waals surface area contributed by atoms with Gasteiger partial charge in [-0.2, -0.15) is 0 Å². The van der Waals surface area contributed by atoms with Crippen LogP contribution in [0, 0.1) is 0 Å². The summed E-state index contributed by atoms with van der Waals surface area (Å²) in [6.07, 6.45) is 24.0. The van der Waals surface area contributed by atoms with Crippen LogP contribution in [-0.4, -0.2) is 22.9 Å². The Kier molecular flexibility index (Phi) is 20.9. The third-order valence-corrected chi connectivity index (χ3v) is 5.09. The average molecular weight is 343 g/mol. The molecule has 146 valence electrons. The molecule has 0 aliphatic heterocycles. The van der Waals surface area contributed by atoms with Crippen molar-refractivity contribution < 1.29 is 10.2 Å². The van der Waals surface area contributed by atoms with E-state index in [1.165, 1.54) is 103 Å². The summed E-state index contributed by atoms with van der Waals surface area (Å²) in [5.41, 5.74) is 0. The van der Waals surface area contributed by atoms with Crippen LogP contribution in [0.3, 0.4) is 0 Å². The molecule has 0 amide bonds. The predicted octanol–water partition coefficient (Wildman–Crippen LogP) is 6.77. The van der Waals surface area contributed by atoms with E-state index in [0.717, 1.165) is 19.3 Å². The molecule has 0 heterocycles. The average Bonchev–Trinajstić information content (AvgIpc) is 2.59. The number of aliphatic hydroxyl groups excluding tert-OH is 2. The van der Waals surface area contributed by atoms with Crippen LogP contribution < -0.4 is 0 Å². The zero-order valence-corrected chi connectivity index (χ0v) is 16.6. The minimum Gasteiger partial charge on any atom is -0.396 e. The molecule has 0 saturated carbocycles. The molecule has 2 heteroatoms. The summed E-state index contributed by atoms with van der Waals surface area (Å²) in [5, 5.41) is 18.7. The van der Waals surface area contributed by atoms with Gasteiger partial charge in [0.25, 0.3) is 0 Å². The maximum Gasteiger partial charge on any atom is 0.0540 e. The van der Waals surface area contributed by atoms with Crippen molar-refractivity contribution in [3.63, 3.8) is 0 Å². The molecule has 0 aromatic carbocycles. The lowest BCUT2D eigenvalue weighted by Gasteiger charge is -2.10. The van der Waals surface area contributed by atoms with Crippen LogP contribution in [0.2, 0.25) is 0 Å². The molecule has 1 unspecified atom stereocenters. The molecule has 2 nitrogen and oxygen atoms in total. The fourth-order valence-electron chi connectivity index (χ4n) is 3.39. The van der Waals surface area contributed by atoms with Crippen molar-refractivity contribution in [2.45, 2.75) is 135 Å². The van der Waals surface area contributed by atoms with E-state index in [1.54, 1.807) is 0 Å². The standard InChI is InChI=1S/C22H46O2/c1-2-3-4-5-6-7-10-13-16-19-22(24)20-17-14-11-8-9-12-15-18-21-23/h22-24H,2-21H2,1H3. The van der Waals surface area contributed by atoms with Gasteiger partial charge in [0.15, 0.2) is 0 Å². The fraction of sp³-hybridized carbons (Fsp3) is 1.00. The summed E-state index contributed by atoms with van der Waals surface area (Å²) in [7, 11) is 0. The van der Waals surface area contributed by atoms with E-state index >= 15 is 0 Å². The topological polar surface area (TPSA) is 40.5 Å². The Labute approximate surface area is 152 Å². The van der Waals surface area contributed by atoms with Gasteiger partial charge in [-0.1, -0.05) is 110 Å². The van der Waals surface area contributed by atoms with Gasteiger partial charge in [-0.05, 0) is 19.3 Å². The van der Waals surface area contributed by atoms with Gasteiger partial charge in [-0.25, -0.2) is 0 Å². The van der Waals surface area contributed by atoms with Gasteiger partial charge in [-0.15, -0.1) is 0 Å². The predicted molar refractivity (Wildman–Crippen MR) is 106 cm³/mol. The van der Waals surface area contributed by atoms with E-state index in [1.807, 2.05) is 0 Å². The molecule has 0 fully saturated rings. The smallest absolute Gasteiger partial charge is 0.0540 e. The lowest BCUT2D eigenvalue weighted by atomic mass is 10.0. The van der Waals surface area contributed by atoms with Gasteiger partial charge in [0.05, 0.1) is 6.10 Å². The molecule has 0 spiro atoms. The van der Waals surface area contributed by atoms with Gasteiger partial charge in [-0.3, -0.25) is 0 Å². The first kappa shape index (κ1) is 23.9. The monoisotopic (exact) mass is 342 g/mol. The first-order chi connectivity index (χ1) is 11.8. The lowest BCUT2D eigenvalue weighted by Crippen LogP contribution is -2.05. The molecule has 24 heavy (non-hydrogen) atoms. The van der Waals surface area contributed by atoms with E-state index in [2.05, 4.69) is 6.92 Å². The molecule has 0 aliphatic carbocycles. The second-order valence-corrected chi connectivity index (χ2v) is 7.61. The Bertz CT molecular complexity index is 196. The normalized spacial score (nSPS) is 12.6. The zero-order valence-electron chi connectivity index (χ0n) is 16.6. The highest BCUT2D eigenvalue weighted by molar-refractivity contribution is 4.57. The molecule has 0 radical (unpaired) electrons. The molecule has 2 N–H and O–H groups in total. The largest absolute Gasteiger partial charge is 0.396 e. The van der Waals surface area contributed by atoms with E-state index in [4.69, 9.17) is 5.11 Å². The second-order valence-electron chi connectivity index (χ2n) is 7.61. The summed E-state index contributed by atoms with van der Waals surface area (Å²) in [5.74, 6) is 0. The number of aliphatic hydroxyl groups is 2. The zero-order chi connectivity index (χ0) is 17.7. The van der Waals surface area contributed by atoms with Gasteiger partial charge in [0.1, 0.15) is 0 Å². The van der Waals surface area contributed by atoms with E-state index < -0.39 is 0 Å². The van der Waals surface area contributed by atoms with Crippen molar-refractivity contribution in [3.8, 4) is 0 Å². The molecular formula is C22H46O2. The highest BCUT2D eigenvalue weighted by Crippen LogP contribution is 2.15. The van der Waals surface area contributed by atoms with Crippen LogP contribution in [0.25, 0.3) is 0 Å². The first-order valence-electron chi connectivity index (χ1n) is 11.1. The summed E-state index contributed by atoms with van der Waals surface area (Å²) in [4.78, 5) is 0. The SMILES string of the molecule is CCCCCCCCCCCC(O)CCCCCCCCCCO. The molecule has 0 saturated heterocycles. The Morgan fingerprint density at radius 1 is 0.500 bits per heavy atom. The van der Waals surface area contributed by atoms with Crippen LogP contribution in [0.4, 0.5) is 0 Å². The summed E-state index contributed by atoms with van der Waals surface area (Å²) >= 11 is 0. The van der Waals surface area contributed by atoms with Crippen LogP contribution in [-0.2, 0) is 0 Å². The van der Waals surface area contributed by atoms with E-state index in [-0.39, 0.29) is 6.10 Å². The number of rotatable bonds is 20. The van der Waals surface area contributed by atoms with Gasteiger partial charge in [0.2, 0.25) is 0 Å². The maximum absolute atomic E-state index is 10.0. The van der Waals surface area contributed by atoms with Crippen molar-refractivity contribution in [2.75, 3.05) is 6.61 Å². The van der Waals surface area contributed by atoms with Gasteiger partial charge < -0.3 is 10.2 Å². The Balaban J connectivity index is 3.12. The Morgan fingerprint density at radius 3 is 1.21 bits per heavy atom. The number of unbranched alkanes of at least 4 members (excludes halogenated alkanes) is 15.